The van der Waals surface area contributed by atoms with Gasteiger partial charge in [-0.3, -0.25) is 0 Å². The highest BCUT2D eigenvalue weighted by Gasteiger charge is 2.04. The minimum Gasteiger partial charge on any atom is -0.489 e. The molecule has 104 valence electrons. The first-order chi connectivity index (χ1) is 10.2. The average Bonchev–Trinajstić information content (AvgIpc) is 2.52. The highest BCUT2D eigenvalue weighted by atomic mass is 19.1. The van der Waals surface area contributed by atoms with Gasteiger partial charge in [-0.15, -0.1) is 0 Å². The Bertz CT molecular complexity index is 721. The Kier molecular flexibility index (Phi) is 4.93. The molecule has 0 amide bonds. The maximum atomic E-state index is 13.7. The van der Waals surface area contributed by atoms with E-state index in [0.717, 1.165) is 5.56 Å². The van der Waals surface area contributed by atoms with Crippen molar-refractivity contribution in [3.63, 3.8) is 0 Å². The molecular formula is C17H13FN2O. The van der Waals surface area contributed by atoms with Crippen molar-refractivity contribution in [2.45, 2.75) is 6.61 Å². The molecule has 0 unspecified atom stereocenters. The molecule has 0 aliphatic carbocycles. The molecule has 3 nitrogen and oxygen atoms in total. The summed E-state index contributed by atoms with van der Waals surface area (Å²) in [7, 11) is 0. The summed E-state index contributed by atoms with van der Waals surface area (Å²) < 4.78 is 19.2. The maximum Gasteiger partial charge on any atom is 0.131 e. The number of hydrogen-bond donors (Lipinski definition) is 1. The van der Waals surface area contributed by atoms with Crippen LogP contribution in [0.25, 0.3) is 0 Å². The van der Waals surface area contributed by atoms with Gasteiger partial charge in [-0.05, 0) is 36.4 Å². The molecule has 0 heterocycles. The summed E-state index contributed by atoms with van der Waals surface area (Å²) in [6.07, 6.45) is 0. The van der Waals surface area contributed by atoms with Crippen LogP contribution in [0.15, 0.2) is 42.5 Å². The molecule has 4 heteroatoms. The lowest BCUT2D eigenvalue weighted by Gasteiger charge is -2.07. The Morgan fingerprint density at radius 3 is 2.43 bits per heavy atom. The van der Waals surface area contributed by atoms with Gasteiger partial charge in [0.25, 0.3) is 0 Å². The second kappa shape index (κ2) is 7.09. The lowest BCUT2D eigenvalue weighted by Crippen LogP contribution is -1.99. The van der Waals surface area contributed by atoms with Crippen molar-refractivity contribution in [2.24, 2.45) is 5.73 Å². The first-order valence-electron chi connectivity index (χ1n) is 6.33. The number of nitrogens with zero attached hydrogens (tertiary/aromatic N) is 1. The number of benzene rings is 2. The van der Waals surface area contributed by atoms with Crippen LogP contribution in [-0.4, -0.2) is 6.54 Å². The highest BCUT2D eigenvalue weighted by Crippen LogP contribution is 2.16. The average molecular weight is 280 g/mol. The van der Waals surface area contributed by atoms with Crippen LogP contribution < -0.4 is 10.5 Å². The van der Waals surface area contributed by atoms with Crippen molar-refractivity contribution in [2.75, 3.05) is 6.54 Å². The fraction of sp³-hybridized carbons (Fsp3) is 0.118. The largest absolute Gasteiger partial charge is 0.489 e. The predicted molar refractivity (Wildman–Crippen MR) is 77.8 cm³/mol. The molecule has 0 saturated heterocycles. The van der Waals surface area contributed by atoms with Crippen LogP contribution in [0.2, 0.25) is 0 Å². The summed E-state index contributed by atoms with van der Waals surface area (Å²) in [4.78, 5) is 0. The molecular weight excluding hydrogens is 267 g/mol. The van der Waals surface area contributed by atoms with E-state index >= 15 is 0 Å². The maximum absolute atomic E-state index is 13.7. The minimum atomic E-state index is -0.445. The van der Waals surface area contributed by atoms with Crippen LogP contribution in [0.5, 0.6) is 5.75 Å². The van der Waals surface area contributed by atoms with E-state index in [0.29, 0.717) is 23.4 Å². The van der Waals surface area contributed by atoms with Gasteiger partial charge in [0, 0.05) is 11.1 Å². The fourth-order valence-corrected chi connectivity index (χ4v) is 1.68. The van der Waals surface area contributed by atoms with Crippen LogP contribution in [-0.2, 0) is 6.61 Å². The van der Waals surface area contributed by atoms with Crippen LogP contribution in [0, 0.1) is 29.0 Å². The van der Waals surface area contributed by atoms with E-state index in [1.54, 1.807) is 24.3 Å². The third-order valence-electron chi connectivity index (χ3n) is 2.77. The molecule has 0 fully saturated rings. The molecule has 2 rings (SSSR count). The van der Waals surface area contributed by atoms with Crippen molar-refractivity contribution < 1.29 is 9.13 Å². The first-order valence-corrected chi connectivity index (χ1v) is 6.33. The van der Waals surface area contributed by atoms with Crippen molar-refractivity contribution >= 4 is 0 Å². The molecule has 0 bridgehead atoms. The number of nitrogens with two attached hydrogens (primary N) is 1. The molecule has 2 aromatic rings. The molecule has 21 heavy (non-hydrogen) atoms. The Hall–Kier alpha value is -2.82. The molecule has 0 aliphatic heterocycles. The third-order valence-corrected chi connectivity index (χ3v) is 2.77. The Morgan fingerprint density at radius 2 is 1.81 bits per heavy atom. The SMILES string of the molecule is N#Cc1ccc(COc2ccc(C#CCN)cc2)c(F)c1. The molecule has 0 spiro atoms. The van der Waals surface area contributed by atoms with Crippen LogP contribution in [0.1, 0.15) is 16.7 Å². The molecule has 2 aromatic carbocycles. The smallest absolute Gasteiger partial charge is 0.131 e. The Morgan fingerprint density at radius 1 is 1.10 bits per heavy atom. The quantitative estimate of drug-likeness (QED) is 0.879. The number of nitriles is 1. The summed E-state index contributed by atoms with van der Waals surface area (Å²) in [5.74, 6) is 5.84. The molecule has 2 N–H and O–H groups in total. The van der Waals surface area contributed by atoms with E-state index in [1.807, 2.05) is 18.2 Å². The molecule has 0 aromatic heterocycles. The van der Waals surface area contributed by atoms with Crippen LogP contribution >= 0.6 is 0 Å². The van der Waals surface area contributed by atoms with Crippen LogP contribution in [0.4, 0.5) is 4.39 Å². The van der Waals surface area contributed by atoms with Gasteiger partial charge < -0.3 is 10.5 Å². The topological polar surface area (TPSA) is 59.0 Å². The van der Waals surface area contributed by atoms with E-state index in [2.05, 4.69) is 11.8 Å². The second-order valence-corrected chi connectivity index (χ2v) is 4.24. The predicted octanol–water partition coefficient (Wildman–Crippen LogP) is 2.59. The van der Waals surface area contributed by atoms with Gasteiger partial charge in [0.1, 0.15) is 18.2 Å². The van der Waals surface area contributed by atoms with E-state index < -0.39 is 5.82 Å². The van der Waals surface area contributed by atoms with Gasteiger partial charge in [0.2, 0.25) is 0 Å². The van der Waals surface area contributed by atoms with E-state index in [-0.39, 0.29) is 6.61 Å². The van der Waals surface area contributed by atoms with Gasteiger partial charge in [0.15, 0.2) is 0 Å². The van der Waals surface area contributed by atoms with E-state index in [4.69, 9.17) is 15.7 Å². The summed E-state index contributed by atoms with van der Waals surface area (Å²) in [6.45, 7) is 0.418. The van der Waals surface area contributed by atoms with Gasteiger partial charge in [-0.2, -0.15) is 5.26 Å². The van der Waals surface area contributed by atoms with Crippen molar-refractivity contribution in [1.82, 2.24) is 0 Å². The standard InChI is InChI=1S/C17H13FN2O/c18-17-10-14(11-20)3-6-15(17)12-21-16-7-4-13(5-8-16)2-1-9-19/h3-8,10H,9,12,19H2. The summed E-state index contributed by atoms with van der Waals surface area (Å²) >= 11 is 0. The zero-order valence-corrected chi connectivity index (χ0v) is 11.3. The molecule has 0 aliphatic rings. The lowest BCUT2D eigenvalue weighted by molar-refractivity contribution is 0.300. The molecule has 0 saturated carbocycles. The second-order valence-electron chi connectivity index (χ2n) is 4.24. The van der Waals surface area contributed by atoms with Crippen LogP contribution in [0.3, 0.4) is 0 Å². The lowest BCUT2D eigenvalue weighted by atomic mass is 10.1. The first kappa shape index (κ1) is 14.6. The molecule has 0 atom stereocenters. The number of ether oxygens (including phenoxy) is 1. The third kappa shape index (κ3) is 4.07. The van der Waals surface area contributed by atoms with Gasteiger partial charge in [-0.25, -0.2) is 4.39 Å². The van der Waals surface area contributed by atoms with E-state index in [1.165, 1.54) is 6.07 Å². The zero-order chi connectivity index (χ0) is 15.1. The van der Waals surface area contributed by atoms with Crippen molar-refractivity contribution in [1.29, 1.82) is 5.26 Å². The van der Waals surface area contributed by atoms with E-state index in [9.17, 15) is 4.39 Å². The van der Waals surface area contributed by atoms with Gasteiger partial charge in [-0.1, -0.05) is 17.9 Å². The fourth-order valence-electron chi connectivity index (χ4n) is 1.68. The van der Waals surface area contributed by atoms with Gasteiger partial charge >= 0.3 is 0 Å². The Balaban J connectivity index is 2.01. The Labute approximate surface area is 122 Å². The number of hydrogen-bond acceptors (Lipinski definition) is 3. The van der Waals surface area contributed by atoms with Crippen molar-refractivity contribution in [3.05, 3.63) is 65.0 Å². The molecule has 0 radical (unpaired) electrons. The highest BCUT2D eigenvalue weighted by molar-refractivity contribution is 5.38. The number of rotatable bonds is 3. The summed E-state index contributed by atoms with van der Waals surface area (Å²) in [6, 6.07) is 13.4. The van der Waals surface area contributed by atoms with Gasteiger partial charge in [0.05, 0.1) is 18.2 Å². The minimum absolute atomic E-state index is 0.103. The summed E-state index contributed by atoms with van der Waals surface area (Å²) in [5.41, 5.74) is 6.84. The number of halogens is 1. The summed E-state index contributed by atoms with van der Waals surface area (Å²) in [5, 5.41) is 8.68. The zero-order valence-electron chi connectivity index (χ0n) is 11.3. The monoisotopic (exact) mass is 280 g/mol. The normalized spacial score (nSPS) is 9.38. The van der Waals surface area contributed by atoms with Crippen molar-refractivity contribution in [3.8, 4) is 23.7 Å².